The third-order valence-corrected chi connectivity index (χ3v) is 14.1. The summed E-state index contributed by atoms with van der Waals surface area (Å²) in [5.74, 6) is 1.93. The lowest BCUT2D eigenvalue weighted by Crippen LogP contribution is -2.33. The highest BCUT2D eigenvalue weighted by Crippen LogP contribution is 2.63. The number of hydrogen-bond acceptors (Lipinski definition) is 3. The van der Waals surface area contributed by atoms with E-state index in [0.29, 0.717) is 17.5 Å². The van der Waals surface area contributed by atoms with E-state index in [1.165, 1.54) is 88.3 Å². The fourth-order valence-corrected chi connectivity index (χ4v) is 11.4. The number of nitrogens with zero attached hydrogens (tertiary/aromatic N) is 4. The van der Waals surface area contributed by atoms with Gasteiger partial charge in [0.15, 0.2) is 17.5 Å². The van der Waals surface area contributed by atoms with Crippen LogP contribution in [-0.4, -0.2) is 19.5 Å². The lowest BCUT2D eigenvalue weighted by Gasteiger charge is -2.39. The molecule has 4 nitrogen and oxygen atoms in total. The molecule has 306 valence electrons. The van der Waals surface area contributed by atoms with Crippen LogP contribution in [0, 0.1) is 0 Å². The fraction of sp³-hybridized carbons (Fsp3) is 0.0161. The Balaban J connectivity index is 0.993. The lowest BCUT2D eigenvalue weighted by molar-refractivity contribution is 0.748. The Kier molecular flexibility index (Phi) is 7.87. The summed E-state index contributed by atoms with van der Waals surface area (Å²) in [5, 5.41) is 4.98. The first-order valence-corrected chi connectivity index (χ1v) is 22.6. The Hall–Kier alpha value is -8.73. The molecule has 1 atom stereocenters. The van der Waals surface area contributed by atoms with Crippen molar-refractivity contribution in [1.29, 1.82) is 0 Å². The molecule has 66 heavy (non-hydrogen) atoms. The highest BCUT2D eigenvalue weighted by molar-refractivity contribution is 6.14. The molecule has 12 aromatic rings. The molecule has 2 aliphatic rings. The van der Waals surface area contributed by atoms with Crippen molar-refractivity contribution in [2.45, 2.75) is 5.41 Å². The molecule has 0 radical (unpaired) electrons. The lowest BCUT2D eigenvalue weighted by atomic mass is 9.65. The third kappa shape index (κ3) is 5.12. The van der Waals surface area contributed by atoms with Crippen molar-refractivity contribution in [2.24, 2.45) is 0 Å². The van der Waals surface area contributed by atoms with Gasteiger partial charge in [-0.05, 0) is 78.5 Å². The number of hydrogen-bond donors (Lipinski definition) is 0. The summed E-state index contributed by atoms with van der Waals surface area (Å²) >= 11 is 0. The molecular formula is C62H38N4. The van der Waals surface area contributed by atoms with E-state index in [-0.39, 0.29) is 0 Å². The van der Waals surface area contributed by atoms with Gasteiger partial charge in [0, 0.05) is 27.5 Å². The molecule has 1 unspecified atom stereocenters. The maximum atomic E-state index is 5.04. The molecular weight excluding hydrogens is 801 g/mol. The normalized spacial score (nSPS) is 14.4. The number of aromatic nitrogens is 4. The highest BCUT2D eigenvalue weighted by Gasteiger charge is 2.51. The summed E-state index contributed by atoms with van der Waals surface area (Å²) in [5.41, 5.74) is 18.6. The van der Waals surface area contributed by atoms with E-state index in [2.05, 4.69) is 174 Å². The van der Waals surface area contributed by atoms with Crippen LogP contribution >= 0.6 is 0 Å². The van der Waals surface area contributed by atoms with Gasteiger partial charge in [0.1, 0.15) is 0 Å². The summed E-state index contributed by atoms with van der Waals surface area (Å²) < 4.78 is 2.51. The summed E-state index contributed by atoms with van der Waals surface area (Å²) in [4.78, 5) is 15.0. The minimum atomic E-state index is -0.545. The van der Waals surface area contributed by atoms with Crippen LogP contribution in [0.4, 0.5) is 0 Å². The smallest absolute Gasteiger partial charge is 0.164 e. The van der Waals surface area contributed by atoms with Crippen LogP contribution in [0.3, 0.4) is 0 Å². The third-order valence-electron chi connectivity index (χ3n) is 14.1. The minimum Gasteiger partial charge on any atom is -0.309 e. The first kappa shape index (κ1) is 36.7. The van der Waals surface area contributed by atoms with E-state index in [0.717, 1.165) is 22.3 Å². The van der Waals surface area contributed by atoms with Crippen molar-refractivity contribution in [2.75, 3.05) is 0 Å². The van der Waals surface area contributed by atoms with Gasteiger partial charge in [-0.3, -0.25) is 0 Å². The van der Waals surface area contributed by atoms with Crippen LogP contribution in [0.1, 0.15) is 22.3 Å². The van der Waals surface area contributed by atoms with Gasteiger partial charge in [-0.25, -0.2) is 15.0 Å². The highest BCUT2D eigenvalue weighted by atomic mass is 15.0. The number of benzene rings is 10. The van der Waals surface area contributed by atoms with Crippen LogP contribution < -0.4 is 0 Å². The number of para-hydroxylation sites is 3. The Morgan fingerprint density at radius 3 is 1.59 bits per heavy atom. The molecule has 0 saturated heterocycles. The van der Waals surface area contributed by atoms with Gasteiger partial charge in [-0.1, -0.05) is 218 Å². The van der Waals surface area contributed by atoms with Gasteiger partial charge in [0.2, 0.25) is 0 Å². The van der Waals surface area contributed by atoms with Gasteiger partial charge in [-0.2, -0.15) is 0 Å². The van der Waals surface area contributed by atoms with Gasteiger partial charge in [0.25, 0.3) is 0 Å². The van der Waals surface area contributed by atoms with Crippen LogP contribution in [0.5, 0.6) is 0 Å². The van der Waals surface area contributed by atoms with Crippen molar-refractivity contribution < 1.29 is 0 Å². The Labute approximate surface area is 381 Å². The molecule has 1 aliphatic heterocycles. The average molecular weight is 839 g/mol. The quantitative estimate of drug-likeness (QED) is 0.173. The second-order valence-electron chi connectivity index (χ2n) is 17.4. The van der Waals surface area contributed by atoms with Gasteiger partial charge in [0.05, 0.1) is 22.1 Å². The first-order chi connectivity index (χ1) is 32.8. The molecule has 1 aliphatic carbocycles. The molecule has 2 aromatic heterocycles. The number of rotatable bonds is 5. The zero-order valence-corrected chi connectivity index (χ0v) is 35.7. The molecule has 0 amide bonds. The molecule has 0 bridgehead atoms. The van der Waals surface area contributed by atoms with Crippen LogP contribution in [0.25, 0.3) is 106 Å². The zero-order chi connectivity index (χ0) is 43.3. The van der Waals surface area contributed by atoms with Crippen LogP contribution in [-0.2, 0) is 5.41 Å². The minimum absolute atomic E-state index is 0.545. The SMILES string of the molecule is c1ccc(-c2nc(-c3ccccc3)nc(-c3ccc(-c4ccc5ccccc5c4-c4cccc5c4-c4ccccc4C54c5ccccc5-n5c6ccccc6c6cccc4c65)cc3)n2)cc1. The average Bonchev–Trinajstić information content (AvgIpc) is 3.90. The molecule has 14 rings (SSSR count). The molecule has 0 N–H and O–H groups in total. The molecule has 10 aromatic carbocycles. The standard InChI is InChI=1S/C62H38N4/c1-3-18-41(19-4-1)59-63-60(42-20-5-2-6-21-42)65-61(64-59)43-35-33-40(34-36-43)45-38-37-39-17-7-8-22-44(39)56(45)49-26-16-29-52-57(49)48-24-9-11-27-50(48)62(52)51-28-12-14-32-55(51)66-54-31-13-10-23-46(54)47-25-15-30-53(62)58(47)66/h1-38H. The predicted molar refractivity (Wildman–Crippen MR) is 270 cm³/mol. The Bertz CT molecular complexity index is 3870. The van der Waals surface area contributed by atoms with Gasteiger partial charge in [-0.15, -0.1) is 0 Å². The Morgan fingerprint density at radius 1 is 0.303 bits per heavy atom. The second kappa shape index (κ2) is 14.1. The largest absolute Gasteiger partial charge is 0.309 e. The van der Waals surface area contributed by atoms with E-state index in [4.69, 9.17) is 15.0 Å². The fourth-order valence-electron chi connectivity index (χ4n) is 11.4. The molecule has 1 spiro atoms. The van der Waals surface area contributed by atoms with Crippen LogP contribution in [0.15, 0.2) is 231 Å². The summed E-state index contributed by atoms with van der Waals surface area (Å²) in [6.07, 6.45) is 0. The summed E-state index contributed by atoms with van der Waals surface area (Å²) in [6.45, 7) is 0. The maximum Gasteiger partial charge on any atom is 0.164 e. The molecule has 0 saturated carbocycles. The first-order valence-electron chi connectivity index (χ1n) is 22.6. The van der Waals surface area contributed by atoms with E-state index >= 15 is 0 Å². The maximum absolute atomic E-state index is 5.04. The zero-order valence-electron chi connectivity index (χ0n) is 35.7. The van der Waals surface area contributed by atoms with E-state index in [9.17, 15) is 0 Å². The number of fused-ring (bicyclic) bond motifs is 13. The van der Waals surface area contributed by atoms with Gasteiger partial charge >= 0.3 is 0 Å². The van der Waals surface area contributed by atoms with E-state index < -0.39 is 5.41 Å². The van der Waals surface area contributed by atoms with Crippen LogP contribution in [0.2, 0.25) is 0 Å². The van der Waals surface area contributed by atoms with Crippen molar-refractivity contribution in [3.8, 4) is 73.2 Å². The van der Waals surface area contributed by atoms with E-state index in [1.54, 1.807) is 0 Å². The predicted octanol–water partition coefficient (Wildman–Crippen LogP) is 15.1. The van der Waals surface area contributed by atoms with E-state index in [1.807, 2.05) is 60.7 Å². The topological polar surface area (TPSA) is 43.6 Å². The summed E-state index contributed by atoms with van der Waals surface area (Å²) in [6, 6.07) is 83.6. The van der Waals surface area contributed by atoms with Crippen molar-refractivity contribution in [3.63, 3.8) is 0 Å². The van der Waals surface area contributed by atoms with Crippen molar-refractivity contribution in [3.05, 3.63) is 253 Å². The Morgan fingerprint density at radius 2 is 0.833 bits per heavy atom. The molecule has 0 fully saturated rings. The monoisotopic (exact) mass is 838 g/mol. The summed E-state index contributed by atoms with van der Waals surface area (Å²) in [7, 11) is 0. The van der Waals surface area contributed by atoms with Gasteiger partial charge < -0.3 is 4.57 Å². The molecule has 4 heteroatoms. The second-order valence-corrected chi connectivity index (χ2v) is 17.4. The van der Waals surface area contributed by atoms with Crippen molar-refractivity contribution >= 4 is 32.6 Å². The molecule has 3 heterocycles. The van der Waals surface area contributed by atoms with Crippen molar-refractivity contribution in [1.82, 2.24) is 19.5 Å².